The first-order valence-corrected chi connectivity index (χ1v) is 12.4. The molecule has 0 bridgehead atoms. The van der Waals surface area contributed by atoms with Crippen molar-refractivity contribution in [3.05, 3.63) is 128 Å². The lowest BCUT2D eigenvalue weighted by Crippen LogP contribution is -2.17. The molecule has 0 saturated heterocycles. The molecule has 0 aromatic heterocycles. The average molecular weight is 561 g/mol. The molecule has 0 radical (unpaired) electrons. The van der Waals surface area contributed by atoms with Crippen molar-refractivity contribution in [2.75, 3.05) is 0 Å². The zero-order chi connectivity index (χ0) is 27.8. The largest absolute Gasteiger partial charge is 0.507 e. The van der Waals surface area contributed by atoms with Crippen LogP contribution in [0.5, 0.6) is 11.5 Å². The van der Waals surface area contributed by atoms with Crippen LogP contribution in [-0.2, 0) is 6.42 Å². The van der Waals surface area contributed by atoms with Gasteiger partial charge in [-0.15, -0.1) is 0 Å². The molecule has 0 aliphatic rings. The Kier molecular flexibility index (Phi) is 8.94. The Hall–Kier alpha value is -4.66. The number of carbonyl (C=O) groups is 2. The van der Waals surface area contributed by atoms with Crippen LogP contribution in [0.25, 0.3) is 0 Å². The topological polar surface area (TPSA) is 123 Å². The number of aromatic hydroxyl groups is 2. The van der Waals surface area contributed by atoms with Crippen molar-refractivity contribution in [1.82, 2.24) is 10.9 Å². The third-order valence-corrected chi connectivity index (χ3v) is 6.05. The molecule has 10 heteroatoms. The van der Waals surface area contributed by atoms with Gasteiger partial charge in [0.25, 0.3) is 11.8 Å². The van der Waals surface area contributed by atoms with E-state index in [1.165, 1.54) is 24.6 Å². The number of nitrogens with zero attached hydrogens (tertiary/aromatic N) is 2. The van der Waals surface area contributed by atoms with Crippen LogP contribution in [0.4, 0.5) is 0 Å². The van der Waals surface area contributed by atoms with Gasteiger partial charge in [0, 0.05) is 32.3 Å². The van der Waals surface area contributed by atoms with Gasteiger partial charge in [0.2, 0.25) is 0 Å². The molecule has 0 aliphatic heterocycles. The first-order chi connectivity index (χ1) is 18.8. The third kappa shape index (κ3) is 7.67. The maximum Gasteiger partial charge on any atom is 0.271 e. The minimum absolute atomic E-state index is 0.00167. The van der Waals surface area contributed by atoms with Crippen LogP contribution in [0.3, 0.4) is 0 Å². The van der Waals surface area contributed by atoms with Crippen LogP contribution in [0, 0.1) is 0 Å². The van der Waals surface area contributed by atoms with Crippen LogP contribution in [0.1, 0.15) is 43.0 Å². The minimum Gasteiger partial charge on any atom is -0.507 e. The number of amides is 2. The fourth-order valence-electron chi connectivity index (χ4n) is 3.52. The Morgan fingerprint density at radius 3 is 1.41 bits per heavy atom. The van der Waals surface area contributed by atoms with Crippen LogP contribution in [-0.4, -0.2) is 34.5 Å². The maximum atomic E-state index is 12.2. The maximum absolute atomic E-state index is 12.2. The zero-order valence-electron chi connectivity index (χ0n) is 20.3. The van der Waals surface area contributed by atoms with Crippen molar-refractivity contribution >= 4 is 47.4 Å². The van der Waals surface area contributed by atoms with E-state index in [-0.39, 0.29) is 11.5 Å². The van der Waals surface area contributed by atoms with Gasteiger partial charge in [-0.25, -0.2) is 10.9 Å². The summed E-state index contributed by atoms with van der Waals surface area (Å²) in [5.74, 6) is -0.834. The predicted molar refractivity (Wildman–Crippen MR) is 152 cm³/mol. The number of rotatable bonds is 8. The van der Waals surface area contributed by atoms with Crippen molar-refractivity contribution < 1.29 is 19.8 Å². The number of phenolic OH excluding ortho intramolecular Hbond substituents is 2. The molecule has 0 aliphatic carbocycles. The normalized spacial score (nSPS) is 11.1. The predicted octanol–water partition coefficient (Wildman–Crippen LogP) is 5.52. The van der Waals surface area contributed by atoms with E-state index in [2.05, 4.69) is 21.1 Å². The first kappa shape index (κ1) is 27.4. The van der Waals surface area contributed by atoms with Crippen LogP contribution in [0.2, 0.25) is 10.0 Å². The van der Waals surface area contributed by atoms with Crippen molar-refractivity contribution in [1.29, 1.82) is 0 Å². The van der Waals surface area contributed by atoms with Crippen molar-refractivity contribution in [3.8, 4) is 11.5 Å². The smallest absolute Gasteiger partial charge is 0.271 e. The van der Waals surface area contributed by atoms with Gasteiger partial charge in [0.1, 0.15) is 11.5 Å². The molecular formula is C29H22Cl2N4O4. The SMILES string of the molecule is O=C(N/N=C/c1cc(Cc2ccc(O)c(/C=N/NC(=O)c3ccc(Cl)cc3)c2)ccc1O)c1ccc(Cl)cc1. The number of phenols is 2. The second kappa shape index (κ2) is 12.7. The molecule has 2 amide bonds. The van der Waals surface area contributed by atoms with Gasteiger partial charge in [-0.3, -0.25) is 9.59 Å². The van der Waals surface area contributed by atoms with E-state index in [0.29, 0.717) is 38.7 Å². The monoisotopic (exact) mass is 560 g/mol. The lowest BCUT2D eigenvalue weighted by atomic mass is 10.0. The van der Waals surface area contributed by atoms with Gasteiger partial charge in [0.15, 0.2) is 0 Å². The number of carbonyl (C=O) groups excluding carboxylic acids is 2. The first-order valence-electron chi connectivity index (χ1n) is 11.6. The fraction of sp³-hybridized carbons (Fsp3) is 0.0345. The van der Waals surface area contributed by atoms with Crippen LogP contribution in [0.15, 0.2) is 95.1 Å². The molecule has 0 saturated carbocycles. The number of hydrogen-bond acceptors (Lipinski definition) is 6. The summed E-state index contributed by atoms with van der Waals surface area (Å²) in [6.07, 6.45) is 3.17. The number of halogens is 2. The van der Waals surface area contributed by atoms with Gasteiger partial charge in [-0.1, -0.05) is 35.3 Å². The summed E-state index contributed by atoms with van der Waals surface area (Å²) in [6, 6.07) is 22.8. The molecule has 0 spiro atoms. The highest BCUT2D eigenvalue weighted by Gasteiger charge is 2.08. The Morgan fingerprint density at radius 1 is 0.641 bits per heavy atom. The summed E-state index contributed by atoms with van der Waals surface area (Å²) < 4.78 is 0. The lowest BCUT2D eigenvalue weighted by Gasteiger charge is -2.07. The highest BCUT2D eigenvalue weighted by atomic mass is 35.5. The summed E-state index contributed by atoms with van der Waals surface area (Å²) in [5, 5.41) is 29.4. The molecule has 0 unspecified atom stereocenters. The molecule has 39 heavy (non-hydrogen) atoms. The fourth-order valence-corrected chi connectivity index (χ4v) is 3.77. The Balaban J connectivity index is 1.41. The number of hydrazone groups is 2. The minimum atomic E-state index is -0.416. The Bertz CT molecular complexity index is 1440. The van der Waals surface area contributed by atoms with Gasteiger partial charge >= 0.3 is 0 Å². The van der Waals surface area contributed by atoms with Crippen LogP contribution < -0.4 is 10.9 Å². The van der Waals surface area contributed by atoms with Crippen LogP contribution >= 0.6 is 23.2 Å². The summed E-state index contributed by atoms with van der Waals surface area (Å²) in [5.41, 5.74) is 8.14. The van der Waals surface area contributed by atoms with Crippen molar-refractivity contribution in [2.24, 2.45) is 10.2 Å². The lowest BCUT2D eigenvalue weighted by molar-refractivity contribution is 0.0947. The highest BCUT2D eigenvalue weighted by molar-refractivity contribution is 6.31. The average Bonchev–Trinajstić information content (AvgIpc) is 2.92. The third-order valence-electron chi connectivity index (χ3n) is 5.54. The van der Waals surface area contributed by atoms with Gasteiger partial charge in [-0.05, 0) is 90.3 Å². The summed E-state index contributed by atoms with van der Waals surface area (Å²) in [7, 11) is 0. The number of nitrogens with one attached hydrogen (secondary N) is 2. The van der Waals surface area contributed by atoms with E-state index in [9.17, 15) is 19.8 Å². The van der Waals surface area contributed by atoms with Crippen molar-refractivity contribution in [2.45, 2.75) is 6.42 Å². The molecular weight excluding hydrogens is 539 g/mol. The molecule has 0 heterocycles. The number of hydrogen-bond donors (Lipinski definition) is 4. The van der Waals surface area contributed by atoms with E-state index < -0.39 is 11.8 Å². The molecule has 0 atom stereocenters. The standard InChI is InChI=1S/C29H22Cl2N4O4/c30-24-7-3-20(4-8-24)28(38)34-32-16-22-14-18(1-11-26(22)36)13-19-2-12-27(37)23(15-19)17-33-35-29(39)21-5-9-25(31)10-6-21/h1-12,14-17,36-37H,13H2,(H,34,38)(H,35,39)/b32-16+,33-17+. The molecule has 4 aromatic rings. The van der Waals surface area contributed by atoms with E-state index in [0.717, 1.165) is 11.1 Å². The summed E-state index contributed by atoms with van der Waals surface area (Å²) in [6.45, 7) is 0. The molecule has 196 valence electrons. The molecule has 4 aromatic carbocycles. The quantitative estimate of drug-likeness (QED) is 0.167. The summed E-state index contributed by atoms with van der Waals surface area (Å²) in [4.78, 5) is 24.4. The van der Waals surface area contributed by atoms with Gasteiger partial charge in [-0.2, -0.15) is 10.2 Å². The molecule has 4 N–H and O–H groups in total. The molecule has 8 nitrogen and oxygen atoms in total. The highest BCUT2D eigenvalue weighted by Crippen LogP contribution is 2.22. The van der Waals surface area contributed by atoms with E-state index in [4.69, 9.17) is 23.2 Å². The zero-order valence-corrected chi connectivity index (χ0v) is 21.8. The Morgan fingerprint density at radius 2 is 1.03 bits per heavy atom. The van der Waals surface area contributed by atoms with Gasteiger partial charge in [0.05, 0.1) is 12.4 Å². The van der Waals surface area contributed by atoms with Gasteiger partial charge < -0.3 is 10.2 Å². The second-order valence-corrected chi connectivity index (χ2v) is 9.25. The number of benzene rings is 4. The molecule has 0 fully saturated rings. The summed E-state index contributed by atoms with van der Waals surface area (Å²) >= 11 is 11.7. The molecule has 4 rings (SSSR count). The van der Waals surface area contributed by atoms with Crippen molar-refractivity contribution in [3.63, 3.8) is 0 Å². The van der Waals surface area contributed by atoms with E-state index in [1.54, 1.807) is 72.8 Å². The van der Waals surface area contributed by atoms with E-state index >= 15 is 0 Å². The Labute approximate surface area is 234 Å². The van der Waals surface area contributed by atoms with E-state index in [1.807, 2.05) is 0 Å². The second-order valence-electron chi connectivity index (χ2n) is 8.38.